The second-order valence-electron chi connectivity index (χ2n) is 6.44. The summed E-state index contributed by atoms with van der Waals surface area (Å²) in [6.45, 7) is 6.58. The maximum Gasteiger partial charge on any atom is 0.319 e. The molecular formula is C19H23BrN4O. The highest BCUT2D eigenvalue weighted by atomic mass is 79.9. The highest BCUT2D eigenvalue weighted by molar-refractivity contribution is 9.10. The van der Waals surface area contributed by atoms with Gasteiger partial charge in [0, 0.05) is 36.0 Å². The summed E-state index contributed by atoms with van der Waals surface area (Å²) in [6, 6.07) is 7.82. The molecule has 2 N–H and O–H groups in total. The van der Waals surface area contributed by atoms with E-state index in [4.69, 9.17) is 0 Å². The number of rotatable bonds is 4. The molecular weight excluding hydrogens is 380 g/mol. The maximum atomic E-state index is 12.2. The lowest BCUT2D eigenvalue weighted by Crippen LogP contribution is -2.29. The van der Waals surface area contributed by atoms with Gasteiger partial charge in [-0.1, -0.05) is 22.0 Å². The highest BCUT2D eigenvalue weighted by Gasteiger charge is 2.13. The summed E-state index contributed by atoms with van der Waals surface area (Å²) in [4.78, 5) is 19.0. The number of urea groups is 1. The number of anilines is 2. The first-order chi connectivity index (χ1) is 12.0. The summed E-state index contributed by atoms with van der Waals surface area (Å²) in [7, 11) is 0. The summed E-state index contributed by atoms with van der Waals surface area (Å²) < 4.78 is 1.01. The van der Waals surface area contributed by atoms with E-state index in [1.54, 1.807) is 0 Å². The lowest BCUT2D eigenvalue weighted by Gasteiger charge is -2.16. The number of hydrogen-bond acceptors (Lipinski definition) is 3. The summed E-state index contributed by atoms with van der Waals surface area (Å²) in [5, 5.41) is 5.82. The number of hydrogen-bond donors (Lipinski definition) is 2. The second kappa shape index (κ2) is 7.87. The molecule has 1 aliphatic heterocycles. The minimum Gasteiger partial charge on any atom is -0.357 e. The third-order valence-corrected chi connectivity index (χ3v) is 4.89. The van der Waals surface area contributed by atoms with Crippen LogP contribution < -0.4 is 15.5 Å². The Bertz CT molecular complexity index is 732. The molecule has 2 heterocycles. The largest absolute Gasteiger partial charge is 0.357 e. The van der Waals surface area contributed by atoms with Gasteiger partial charge in [-0.25, -0.2) is 9.78 Å². The minimum atomic E-state index is -0.211. The highest BCUT2D eigenvalue weighted by Crippen LogP contribution is 2.25. The molecule has 25 heavy (non-hydrogen) atoms. The Labute approximate surface area is 157 Å². The van der Waals surface area contributed by atoms with E-state index in [0.29, 0.717) is 6.54 Å². The van der Waals surface area contributed by atoms with Crippen LogP contribution in [0, 0.1) is 13.8 Å². The van der Waals surface area contributed by atoms with E-state index < -0.39 is 0 Å². The summed E-state index contributed by atoms with van der Waals surface area (Å²) >= 11 is 3.47. The molecule has 0 atom stereocenters. The average Bonchev–Trinajstić information content (AvgIpc) is 3.11. The van der Waals surface area contributed by atoms with Crippen LogP contribution in [-0.2, 0) is 6.54 Å². The van der Waals surface area contributed by atoms with Gasteiger partial charge >= 0.3 is 6.03 Å². The van der Waals surface area contributed by atoms with Gasteiger partial charge < -0.3 is 15.5 Å². The van der Waals surface area contributed by atoms with E-state index in [0.717, 1.165) is 45.8 Å². The molecule has 132 valence electrons. The fourth-order valence-corrected chi connectivity index (χ4v) is 3.79. The molecule has 1 saturated heterocycles. The number of carbonyl (C=O) groups is 1. The smallest absolute Gasteiger partial charge is 0.319 e. The number of carbonyl (C=O) groups excluding carboxylic acids is 1. The monoisotopic (exact) mass is 402 g/mol. The van der Waals surface area contributed by atoms with Gasteiger partial charge in [0.05, 0.1) is 0 Å². The van der Waals surface area contributed by atoms with Gasteiger partial charge in [0.2, 0.25) is 0 Å². The van der Waals surface area contributed by atoms with Crippen LogP contribution in [-0.4, -0.2) is 24.1 Å². The van der Waals surface area contributed by atoms with Crippen molar-refractivity contribution in [3.63, 3.8) is 0 Å². The SMILES string of the molecule is Cc1cc(Br)cc(C)c1NC(=O)NCc1ccc(N2CCCC2)nc1. The van der Waals surface area contributed by atoms with Gasteiger partial charge in [-0.2, -0.15) is 0 Å². The van der Waals surface area contributed by atoms with Gasteiger partial charge in [0.15, 0.2) is 0 Å². The number of aromatic nitrogens is 1. The first-order valence-corrected chi connectivity index (χ1v) is 9.34. The van der Waals surface area contributed by atoms with Gasteiger partial charge in [0.1, 0.15) is 5.82 Å². The first kappa shape index (κ1) is 17.7. The summed E-state index contributed by atoms with van der Waals surface area (Å²) in [5.41, 5.74) is 3.89. The molecule has 6 heteroatoms. The zero-order chi connectivity index (χ0) is 17.8. The maximum absolute atomic E-state index is 12.2. The van der Waals surface area contributed by atoms with Gasteiger partial charge in [-0.05, 0) is 61.6 Å². The zero-order valence-electron chi connectivity index (χ0n) is 14.6. The topological polar surface area (TPSA) is 57.3 Å². The Hall–Kier alpha value is -2.08. The van der Waals surface area contributed by atoms with Crippen LogP contribution in [0.4, 0.5) is 16.3 Å². The lowest BCUT2D eigenvalue weighted by molar-refractivity contribution is 0.251. The summed E-state index contributed by atoms with van der Waals surface area (Å²) in [5.74, 6) is 1.02. The van der Waals surface area contributed by atoms with Gasteiger partial charge in [0.25, 0.3) is 0 Å². The van der Waals surface area contributed by atoms with Crippen molar-refractivity contribution in [3.05, 3.63) is 51.6 Å². The third kappa shape index (κ3) is 4.51. The molecule has 0 bridgehead atoms. The lowest BCUT2D eigenvalue weighted by atomic mass is 10.1. The van der Waals surface area contributed by atoms with Crippen molar-refractivity contribution in [1.82, 2.24) is 10.3 Å². The van der Waals surface area contributed by atoms with Crippen molar-refractivity contribution in [2.24, 2.45) is 0 Å². The molecule has 5 nitrogen and oxygen atoms in total. The van der Waals surface area contributed by atoms with Crippen LogP contribution >= 0.6 is 15.9 Å². The fourth-order valence-electron chi connectivity index (χ4n) is 3.10. The zero-order valence-corrected chi connectivity index (χ0v) is 16.2. The van der Waals surface area contributed by atoms with E-state index in [2.05, 4.69) is 36.4 Å². The van der Waals surface area contributed by atoms with Crippen LogP contribution in [0.3, 0.4) is 0 Å². The van der Waals surface area contributed by atoms with Crippen molar-refractivity contribution >= 4 is 33.5 Å². The van der Waals surface area contributed by atoms with Crippen molar-refractivity contribution in [3.8, 4) is 0 Å². The second-order valence-corrected chi connectivity index (χ2v) is 7.36. The number of nitrogens with zero attached hydrogens (tertiary/aromatic N) is 2. The number of amides is 2. The van der Waals surface area contributed by atoms with Crippen LogP contribution in [0.5, 0.6) is 0 Å². The Morgan fingerprint density at radius 2 is 1.88 bits per heavy atom. The molecule has 0 spiro atoms. The van der Waals surface area contributed by atoms with Crippen molar-refractivity contribution in [1.29, 1.82) is 0 Å². The van der Waals surface area contributed by atoms with E-state index >= 15 is 0 Å². The van der Waals surface area contributed by atoms with Crippen molar-refractivity contribution in [2.45, 2.75) is 33.2 Å². The van der Waals surface area contributed by atoms with Gasteiger partial charge in [-0.15, -0.1) is 0 Å². The van der Waals surface area contributed by atoms with Crippen molar-refractivity contribution < 1.29 is 4.79 Å². The fraction of sp³-hybridized carbons (Fsp3) is 0.368. The van der Waals surface area contributed by atoms with Crippen LogP contribution in [0.15, 0.2) is 34.9 Å². The van der Waals surface area contributed by atoms with E-state index in [-0.39, 0.29) is 6.03 Å². The Morgan fingerprint density at radius 3 is 2.48 bits per heavy atom. The van der Waals surface area contributed by atoms with Crippen LogP contribution in [0.25, 0.3) is 0 Å². The number of halogens is 1. The normalized spacial score (nSPS) is 13.8. The first-order valence-electron chi connectivity index (χ1n) is 8.54. The van der Waals surface area contributed by atoms with E-state index in [9.17, 15) is 4.79 Å². The molecule has 0 unspecified atom stereocenters. The van der Waals surface area contributed by atoms with Crippen LogP contribution in [0.1, 0.15) is 29.5 Å². The Balaban J connectivity index is 1.55. The average molecular weight is 403 g/mol. The number of pyridine rings is 1. The predicted octanol–water partition coefficient (Wildman–Crippen LogP) is 4.38. The molecule has 1 aromatic carbocycles. The number of benzene rings is 1. The molecule has 2 aromatic rings. The molecule has 1 fully saturated rings. The quantitative estimate of drug-likeness (QED) is 0.797. The van der Waals surface area contributed by atoms with E-state index in [1.165, 1.54) is 12.8 Å². The summed E-state index contributed by atoms with van der Waals surface area (Å²) in [6.07, 6.45) is 4.31. The van der Waals surface area contributed by atoms with Gasteiger partial charge in [-0.3, -0.25) is 0 Å². The Kier molecular flexibility index (Phi) is 5.58. The molecule has 1 aromatic heterocycles. The molecule has 3 rings (SSSR count). The van der Waals surface area contributed by atoms with Crippen LogP contribution in [0.2, 0.25) is 0 Å². The van der Waals surface area contributed by atoms with E-state index in [1.807, 2.05) is 44.3 Å². The molecule has 1 aliphatic rings. The molecule has 0 saturated carbocycles. The van der Waals surface area contributed by atoms with Crippen molar-refractivity contribution in [2.75, 3.05) is 23.3 Å². The minimum absolute atomic E-state index is 0.211. The Morgan fingerprint density at radius 1 is 1.20 bits per heavy atom. The molecule has 2 amide bonds. The third-order valence-electron chi connectivity index (χ3n) is 4.43. The number of nitrogens with one attached hydrogen (secondary N) is 2. The number of aryl methyl sites for hydroxylation is 2. The molecule has 0 radical (unpaired) electrons. The molecule has 0 aliphatic carbocycles. The predicted molar refractivity (Wildman–Crippen MR) is 105 cm³/mol. The standard InChI is InChI=1S/C19H23BrN4O/c1-13-9-16(20)10-14(2)18(13)23-19(25)22-12-15-5-6-17(21-11-15)24-7-3-4-8-24/h5-6,9-11H,3-4,7-8,12H2,1-2H3,(H2,22,23,25).